The van der Waals surface area contributed by atoms with E-state index < -0.39 is 0 Å². The standard InChI is InChI=1S/C12H18N2O/c1-10-2-4-13-7-12(10)8-14-6-11-3-5-15-9-11/h2,4,7,11,14H,3,5-6,8-9H2,1H3. The molecule has 2 heterocycles. The van der Waals surface area contributed by atoms with Crippen LogP contribution in [0.4, 0.5) is 0 Å². The van der Waals surface area contributed by atoms with Gasteiger partial charge in [-0.15, -0.1) is 0 Å². The summed E-state index contributed by atoms with van der Waals surface area (Å²) in [6.45, 7) is 5.93. The van der Waals surface area contributed by atoms with Crippen molar-refractivity contribution in [3.8, 4) is 0 Å². The smallest absolute Gasteiger partial charge is 0.0507 e. The fourth-order valence-corrected chi connectivity index (χ4v) is 1.84. The Morgan fingerprint density at radius 3 is 3.27 bits per heavy atom. The summed E-state index contributed by atoms with van der Waals surface area (Å²) in [7, 11) is 0. The van der Waals surface area contributed by atoms with Gasteiger partial charge in [-0.25, -0.2) is 0 Å². The van der Waals surface area contributed by atoms with Crippen molar-refractivity contribution in [2.24, 2.45) is 5.92 Å². The molecule has 3 heteroatoms. The second-order valence-electron chi connectivity index (χ2n) is 4.16. The first kappa shape index (κ1) is 10.6. The van der Waals surface area contributed by atoms with E-state index in [0.717, 1.165) is 26.3 Å². The van der Waals surface area contributed by atoms with Crippen molar-refractivity contribution in [2.45, 2.75) is 19.9 Å². The minimum atomic E-state index is 0.696. The van der Waals surface area contributed by atoms with Gasteiger partial charge in [-0.1, -0.05) is 0 Å². The Kier molecular flexibility index (Phi) is 3.69. The lowest BCUT2D eigenvalue weighted by Gasteiger charge is -2.10. The normalized spacial score (nSPS) is 20.7. The van der Waals surface area contributed by atoms with Crippen LogP contribution in [0.1, 0.15) is 17.5 Å². The summed E-state index contributed by atoms with van der Waals surface area (Å²) in [5, 5.41) is 3.46. The van der Waals surface area contributed by atoms with Crippen LogP contribution >= 0.6 is 0 Å². The van der Waals surface area contributed by atoms with Crippen molar-refractivity contribution in [1.82, 2.24) is 10.3 Å². The average Bonchev–Trinajstić information content (AvgIpc) is 2.74. The Morgan fingerprint density at radius 2 is 2.53 bits per heavy atom. The van der Waals surface area contributed by atoms with Gasteiger partial charge in [0.15, 0.2) is 0 Å². The fraction of sp³-hybridized carbons (Fsp3) is 0.583. The molecule has 1 aromatic rings. The molecule has 0 saturated carbocycles. The van der Waals surface area contributed by atoms with Gasteiger partial charge in [0.1, 0.15) is 0 Å². The van der Waals surface area contributed by atoms with E-state index in [1.165, 1.54) is 17.5 Å². The minimum Gasteiger partial charge on any atom is -0.381 e. The summed E-state index contributed by atoms with van der Waals surface area (Å²) in [5.74, 6) is 0.696. The molecular weight excluding hydrogens is 188 g/mol. The van der Waals surface area contributed by atoms with Crippen LogP contribution in [0.2, 0.25) is 0 Å². The molecule has 0 amide bonds. The molecule has 3 nitrogen and oxygen atoms in total. The Bertz CT molecular complexity index is 308. The molecule has 0 aliphatic carbocycles. The van der Waals surface area contributed by atoms with Crippen molar-refractivity contribution in [1.29, 1.82) is 0 Å². The highest BCUT2D eigenvalue weighted by atomic mass is 16.5. The van der Waals surface area contributed by atoms with E-state index in [1.807, 2.05) is 12.4 Å². The van der Waals surface area contributed by atoms with Gasteiger partial charge in [-0.2, -0.15) is 0 Å². The number of rotatable bonds is 4. The van der Waals surface area contributed by atoms with Crippen LogP contribution in [0.15, 0.2) is 18.5 Å². The number of aromatic nitrogens is 1. The lowest BCUT2D eigenvalue weighted by molar-refractivity contribution is 0.185. The zero-order valence-electron chi connectivity index (χ0n) is 9.20. The van der Waals surface area contributed by atoms with Gasteiger partial charge in [0.25, 0.3) is 0 Å². The van der Waals surface area contributed by atoms with E-state index in [1.54, 1.807) is 0 Å². The average molecular weight is 206 g/mol. The maximum absolute atomic E-state index is 5.33. The molecule has 1 aliphatic rings. The second kappa shape index (κ2) is 5.24. The summed E-state index contributed by atoms with van der Waals surface area (Å²) in [6, 6.07) is 2.05. The number of pyridine rings is 1. The van der Waals surface area contributed by atoms with Gasteiger partial charge in [0.2, 0.25) is 0 Å². The van der Waals surface area contributed by atoms with Crippen LogP contribution < -0.4 is 5.32 Å². The predicted octanol–water partition coefficient (Wildman–Crippen LogP) is 1.52. The number of hydrogen-bond acceptors (Lipinski definition) is 3. The quantitative estimate of drug-likeness (QED) is 0.811. The maximum atomic E-state index is 5.33. The molecule has 1 N–H and O–H groups in total. The summed E-state index contributed by atoms with van der Waals surface area (Å²) >= 11 is 0. The highest BCUT2D eigenvalue weighted by molar-refractivity contribution is 5.20. The Morgan fingerprint density at radius 1 is 1.60 bits per heavy atom. The molecule has 1 atom stereocenters. The van der Waals surface area contributed by atoms with E-state index in [9.17, 15) is 0 Å². The molecule has 0 bridgehead atoms. The molecular formula is C12H18N2O. The molecule has 1 fully saturated rings. The molecule has 15 heavy (non-hydrogen) atoms. The molecule has 2 rings (SSSR count). The number of hydrogen-bond donors (Lipinski definition) is 1. The van der Waals surface area contributed by atoms with Crippen molar-refractivity contribution >= 4 is 0 Å². The van der Waals surface area contributed by atoms with E-state index in [4.69, 9.17) is 4.74 Å². The van der Waals surface area contributed by atoms with E-state index in [0.29, 0.717) is 5.92 Å². The zero-order valence-corrected chi connectivity index (χ0v) is 9.20. The lowest BCUT2D eigenvalue weighted by atomic mass is 10.1. The third kappa shape index (κ3) is 3.01. The first-order chi connectivity index (χ1) is 7.36. The molecule has 1 saturated heterocycles. The molecule has 1 unspecified atom stereocenters. The molecule has 0 spiro atoms. The first-order valence-electron chi connectivity index (χ1n) is 5.54. The van der Waals surface area contributed by atoms with Gasteiger partial charge >= 0.3 is 0 Å². The van der Waals surface area contributed by atoms with Crippen LogP contribution in [0.25, 0.3) is 0 Å². The number of aryl methyl sites for hydroxylation is 1. The SMILES string of the molecule is Cc1ccncc1CNCC1CCOC1. The van der Waals surface area contributed by atoms with Gasteiger partial charge in [0, 0.05) is 32.1 Å². The summed E-state index contributed by atoms with van der Waals surface area (Å²) in [4.78, 5) is 4.13. The molecule has 1 aliphatic heterocycles. The topological polar surface area (TPSA) is 34.2 Å². The van der Waals surface area contributed by atoms with Crippen molar-refractivity contribution in [2.75, 3.05) is 19.8 Å². The Hall–Kier alpha value is -0.930. The molecule has 0 radical (unpaired) electrons. The molecule has 0 aromatic carbocycles. The van der Waals surface area contributed by atoms with Gasteiger partial charge in [-0.05, 0) is 36.5 Å². The first-order valence-corrected chi connectivity index (χ1v) is 5.54. The van der Waals surface area contributed by atoms with Crippen LogP contribution in [0, 0.1) is 12.8 Å². The second-order valence-corrected chi connectivity index (χ2v) is 4.16. The summed E-state index contributed by atoms with van der Waals surface area (Å²) < 4.78 is 5.33. The van der Waals surface area contributed by atoms with E-state index in [-0.39, 0.29) is 0 Å². The predicted molar refractivity (Wildman–Crippen MR) is 59.6 cm³/mol. The molecule has 1 aromatic heterocycles. The van der Waals surface area contributed by atoms with Crippen molar-refractivity contribution in [3.63, 3.8) is 0 Å². The third-order valence-corrected chi connectivity index (χ3v) is 2.92. The van der Waals surface area contributed by atoms with Crippen LogP contribution in [0.5, 0.6) is 0 Å². The largest absolute Gasteiger partial charge is 0.381 e. The van der Waals surface area contributed by atoms with Crippen LogP contribution in [-0.2, 0) is 11.3 Å². The van der Waals surface area contributed by atoms with Gasteiger partial charge in [-0.3, -0.25) is 4.98 Å². The van der Waals surface area contributed by atoms with Gasteiger partial charge < -0.3 is 10.1 Å². The summed E-state index contributed by atoms with van der Waals surface area (Å²) in [5.41, 5.74) is 2.59. The summed E-state index contributed by atoms with van der Waals surface area (Å²) in [6.07, 6.45) is 4.97. The van der Waals surface area contributed by atoms with Gasteiger partial charge in [0.05, 0.1) is 6.61 Å². The Balaban J connectivity index is 1.75. The van der Waals surface area contributed by atoms with Crippen LogP contribution in [-0.4, -0.2) is 24.7 Å². The zero-order chi connectivity index (χ0) is 10.5. The van der Waals surface area contributed by atoms with Crippen molar-refractivity contribution < 1.29 is 4.74 Å². The highest BCUT2D eigenvalue weighted by Gasteiger charge is 2.14. The van der Waals surface area contributed by atoms with Crippen molar-refractivity contribution in [3.05, 3.63) is 29.6 Å². The number of nitrogens with zero attached hydrogens (tertiary/aromatic N) is 1. The van der Waals surface area contributed by atoms with E-state index >= 15 is 0 Å². The third-order valence-electron chi connectivity index (χ3n) is 2.92. The Labute approximate surface area is 90.9 Å². The minimum absolute atomic E-state index is 0.696. The highest BCUT2D eigenvalue weighted by Crippen LogP contribution is 2.11. The number of nitrogens with one attached hydrogen (secondary N) is 1. The fourth-order valence-electron chi connectivity index (χ4n) is 1.84. The monoisotopic (exact) mass is 206 g/mol. The van der Waals surface area contributed by atoms with Crippen LogP contribution in [0.3, 0.4) is 0 Å². The molecule has 82 valence electrons. The maximum Gasteiger partial charge on any atom is 0.0507 e. The lowest BCUT2D eigenvalue weighted by Crippen LogP contribution is -2.23. The number of ether oxygens (including phenoxy) is 1. The van der Waals surface area contributed by atoms with E-state index in [2.05, 4.69) is 23.3 Å².